The highest BCUT2D eigenvalue weighted by molar-refractivity contribution is 7.45. The van der Waals surface area contributed by atoms with E-state index in [1.807, 2.05) is 0 Å². The molecule has 0 fully saturated rings. The SMILES string of the molecule is CC(C)OP(=O)([O-])OCCCCCCN. The average Bonchev–Trinajstić information content (AvgIpc) is 2.08. The van der Waals surface area contributed by atoms with E-state index in [1.54, 1.807) is 13.8 Å². The normalized spacial score (nSPS) is 15.5. The molecule has 0 saturated carbocycles. The summed E-state index contributed by atoms with van der Waals surface area (Å²) in [5.74, 6) is 0. The molecule has 0 aromatic rings. The van der Waals surface area contributed by atoms with Crippen LogP contribution >= 0.6 is 7.82 Å². The molecule has 0 aromatic carbocycles. The maximum absolute atomic E-state index is 11.1. The highest BCUT2D eigenvalue weighted by atomic mass is 31.2. The van der Waals surface area contributed by atoms with Gasteiger partial charge in [-0.1, -0.05) is 12.8 Å². The summed E-state index contributed by atoms with van der Waals surface area (Å²) >= 11 is 0. The molecule has 0 aliphatic carbocycles. The lowest BCUT2D eigenvalue weighted by Gasteiger charge is -2.24. The number of hydrogen-bond acceptors (Lipinski definition) is 5. The molecule has 0 radical (unpaired) electrons. The smallest absolute Gasteiger partial charge is 0.268 e. The second-order valence-electron chi connectivity index (χ2n) is 3.64. The zero-order valence-corrected chi connectivity index (χ0v) is 10.4. The van der Waals surface area contributed by atoms with E-state index in [0.717, 1.165) is 19.3 Å². The van der Waals surface area contributed by atoms with Crippen LogP contribution < -0.4 is 10.6 Å². The number of unbranched alkanes of at least 4 members (excludes halogenated alkanes) is 3. The molecular weight excluding hydrogens is 217 g/mol. The maximum Gasteiger partial charge on any atom is 0.268 e. The second kappa shape index (κ2) is 8.25. The summed E-state index contributed by atoms with van der Waals surface area (Å²) in [4.78, 5) is 11.1. The quantitative estimate of drug-likeness (QED) is 0.485. The Hall–Kier alpha value is 0.0700. The highest BCUT2D eigenvalue weighted by Gasteiger charge is 2.10. The van der Waals surface area contributed by atoms with Crippen LogP contribution in [0, 0.1) is 0 Å². The zero-order chi connectivity index (χ0) is 11.7. The fraction of sp³-hybridized carbons (Fsp3) is 1.00. The summed E-state index contributed by atoms with van der Waals surface area (Å²) in [6.45, 7) is 4.17. The molecule has 15 heavy (non-hydrogen) atoms. The van der Waals surface area contributed by atoms with Crippen molar-refractivity contribution in [3.63, 3.8) is 0 Å². The minimum absolute atomic E-state index is 0.193. The summed E-state index contributed by atoms with van der Waals surface area (Å²) in [6.07, 6.45) is 3.25. The molecule has 6 heteroatoms. The van der Waals surface area contributed by atoms with Crippen LogP contribution in [0.2, 0.25) is 0 Å². The molecule has 0 bridgehead atoms. The van der Waals surface area contributed by atoms with Crippen molar-refractivity contribution in [2.75, 3.05) is 13.2 Å². The van der Waals surface area contributed by atoms with Gasteiger partial charge in [-0.05, 0) is 33.2 Å². The molecule has 0 saturated heterocycles. The van der Waals surface area contributed by atoms with E-state index in [0.29, 0.717) is 13.0 Å². The lowest BCUT2D eigenvalue weighted by Crippen LogP contribution is -2.13. The number of hydrogen-bond donors (Lipinski definition) is 1. The van der Waals surface area contributed by atoms with E-state index in [-0.39, 0.29) is 12.7 Å². The van der Waals surface area contributed by atoms with E-state index in [1.165, 1.54) is 0 Å². The summed E-state index contributed by atoms with van der Waals surface area (Å²) < 4.78 is 20.4. The van der Waals surface area contributed by atoms with Gasteiger partial charge in [0.1, 0.15) is 0 Å². The van der Waals surface area contributed by atoms with E-state index in [4.69, 9.17) is 5.73 Å². The second-order valence-corrected chi connectivity index (χ2v) is 5.00. The summed E-state index contributed by atoms with van der Waals surface area (Å²) in [5, 5.41) is 0. The Morgan fingerprint density at radius 2 is 1.87 bits per heavy atom. The predicted octanol–water partition coefficient (Wildman–Crippen LogP) is 1.42. The largest absolute Gasteiger partial charge is 0.756 e. The molecule has 0 spiro atoms. The van der Waals surface area contributed by atoms with Crippen LogP contribution in [0.5, 0.6) is 0 Å². The molecule has 0 aromatic heterocycles. The topological polar surface area (TPSA) is 84.6 Å². The van der Waals surface area contributed by atoms with Gasteiger partial charge in [0.2, 0.25) is 0 Å². The molecule has 0 aliphatic heterocycles. The molecule has 92 valence electrons. The monoisotopic (exact) mass is 238 g/mol. The van der Waals surface area contributed by atoms with Crippen molar-refractivity contribution in [3.05, 3.63) is 0 Å². The Labute approximate surface area is 91.6 Å². The summed E-state index contributed by atoms with van der Waals surface area (Å²) in [6, 6.07) is 0. The van der Waals surface area contributed by atoms with Gasteiger partial charge in [0.05, 0.1) is 12.7 Å². The Bertz CT molecular complexity index is 199. The van der Waals surface area contributed by atoms with Gasteiger partial charge in [-0.25, -0.2) is 0 Å². The van der Waals surface area contributed by atoms with Crippen molar-refractivity contribution >= 4 is 7.82 Å². The van der Waals surface area contributed by atoms with Crippen LogP contribution in [0.15, 0.2) is 0 Å². The van der Waals surface area contributed by atoms with E-state index in [2.05, 4.69) is 9.05 Å². The van der Waals surface area contributed by atoms with E-state index >= 15 is 0 Å². The van der Waals surface area contributed by atoms with Gasteiger partial charge in [-0.15, -0.1) is 0 Å². The maximum atomic E-state index is 11.1. The van der Waals surface area contributed by atoms with Gasteiger partial charge in [-0.3, -0.25) is 4.57 Å². The van der Waals surface area contributed by atoms with Gasteiger partial charge >= 0.3 is 0 Å². The predicted molar refractivity (Wildman–Crippen MR) is 57.3 cm³/mol. The van der Waals surface area contributed by atoms with Crippen LogP contribution in [-0.4, -0.2) is 19.3 Å². The van der Waals surface area contributed by atoms with Gasteiger partial charge < -0.3 is 19.7 Å². The molecule has 0 rings (SSSR count). The molecule has 5 nitrogen and oxygen atoms in total. The number of nitrogens with two attached hydrogens (primary N) is 1. The Morgan fingerprint density at radius 1 is 1.27 bits per heavy atom. The lowest BCUT2D eigenvalue weighted by molar-refractivity contribution is -0.228. The van der Waals surface area contributed by atoms with Crippen molar-refractivity contribution in [1.82, 2.24) is 0 Å². The summed E-state index contributed by atoms with van der Waals surface area (Å²) in [7, 11) is -4.08. The van der Waals surface area contributed by atoms with E-state index < -0.39 is 7.82 Å². The molecule has 2 N–H and O–H groups in total. The average molecular weight is 238 g/mol. The molecule has 1 unspecified atom stereocenters. The van der Waals surface area contributed by atoms with Crippen LogP contribution in [0.1, 0.15) is 39.5 Å². The van der Waals surface area contributed by atoms with Crippen LogP contribution in [0.25, 0.3) is 0 Å². The highest BCUT2D eigenvalue weighted by Crippen LogP contribution is 2.39. The fourth-order valence-electron chi connectivity index (χ4n) is 1.06. The fourth-order valence-corrected chi connectivity index (χ4v) is 1.99. The van der Waals surface area contributed by atoms with Gasteiger partial charge in [0, 0.05) is 0 Å². The van der Waals surface area contributed by atoms with Crippen molar-refractivity contribution in [2.24, 2.45) is 5.73 Å². The standard InChI is InChI=1S/C9H22NO4P/c1-9(2)14-15(11,12)13-8-6-4-3-5-7-10/h9H,3-8,10H2,1-2H3,(H,11,12)/p-1. The third kappa shape index (κ3) is 10.4. The molecule has 0 heterocycles. The Balaban J connectivity index is 3.45. The van der Waals surface area contributed by atoms with E-state index in [9.17, 15) is 9.46 Å². The number of phosphoric acid groups is 1. The van der Waals surface area contributed by atoms with Crippen molar-refractivity contribution in [3.8, 4) is 0 Å². The van der Waals surface area contributed by atoms with Gasteiger partial charge in [0.15, 0.2) is 0 Å². The first-order chi connectivity index (χ1) is 6.98. The molecule has 0 amide bonds. The number of phosphoric ester groups is 1. The first-order valence-electron chi connectivity index (χ1n) is 5.32. The first kappa shape index (κ1) is 15.1. The third-order valence-corrected chi connectivity index (χ3v) is 2.87. The number of rotatable bonds is 9. The molecule has 1 atom stereocenters. The summed E-state index contributed by atoms with van der Waals surface area (Å²) in [5.41, 5.74) is 5.32. The first-order valence-corrected chi connectivity index (χ1v) is 6.78. The minimum Gasteiger partial charge on any atom is -0.756 e. The van der Waals surface area contributed by atoms with Crippen molar-refractivity contribution in [1.29, 1.82) is 0 Å². The van der Waals surface area contributed by atoms with Crippen molar-refractivity contribution < 1.29 is 18.5 Å². The lowest BCUT2D eigenvalue weighted by atomic mass is 10.2. The molecular formula is C9H21NO4P-. The third-order valence-electron chi connectivity index (χ3n) is 1.69. The Morgan fingerprint density at radius 3 is 2.40 bits per heavy atom. The minimum atomic E-state index is -4.08. The molecule has 0 aliphatic rings. The van der Waals surface area contributed by atoms with Crippen LogP contribution in [0.4, 0.5) is 0 Å². The van der Waals surface area contributed by atoms with Gasteiger partial charge in [-0.2, -0.15) is 0 Å². The van der Waals surface area contributed by atoms with Crippen LogP contribution in [0.3, 0.4) is 0 Å². The van der Waals surface area contributed by atoms with Crippen molar-refractivity contribution in [2.45, 2.75) is 45.6 Å². The van der Waals surface area contributed by atoms with Gasteiger partial charge in [0.25, 0.3) is 7.82 Å². The van der Waals surface area contributed by atoms with Crippen LogP contribution in [-0.2, 0) is 13.6 Å². The Kier molecular flexibility index (Phi) is 8.29. The zero-order valence-electron chi connectivity index (χ0n) is 9.48.